The van der Waals surface area contributed by atoms with E-state index < -0.39 is 17.4 Å². The summed E-state index contributed by atoms with van der Waals surface area (Å²) in [6, 6.07) is 7.35. The number of aromatic nitrogens is 2. The van der Waals surface area contributed by atoms with Crippen molar-refractivity contribution in [1.29, 1.82) is 0 Å². The number of fused-ring (bicyclic) bond motifs is 1. The zero-order valence-corrected chi connectivity index (χ0v) is 20.9. The van der Waals surface area contributed by atoms with Crippen LogP contribution in [0.4, 0.5) is 17.5 Å². The zero-order chi connectivity index (χ0) is 24.9. The standard InChI is InChI=1S/C26H33N5O4.H2O/c1-4-5-14-35-17(3)18-9-11-19(12-10-18)27-24(33)20-15-21(32)28-23-22(20)25(34)30-26(29-23)31-13-7-6-8-16(31)2;/h9-12,16,20H,3-8,13-15H2,1-2H3,(H,27,33)(H2,28,29,30,32,34);1H2. The highest BCUT2D eigenvalue weighted by atomic mass is 16.5. The first-order chi connectivity index (χ1) is 16.9. The Morgan fingerprint density at radius 1 is 1.25 bits per heavy atom. The Bertz CT molecular complexity index is 1160. The summed E-state index contributed by atoms with van der Waals surface area (Å²) in [6.45, 7) is 9.52. The summed E-state index contributed by atoms with van der Waals surface area (Å²) < 4.78 is 5.63. The van der Waals surface area contributed by atoms with Crippen molar-refractivity contribution in [3.05, 3.63) is 52.3 Å². The largest absolute Gasteiger partial charge is 0.494 e. The second-order valence-corrected chi connectivity index (χ2v) is 9.19. The van der Waals surface area contributed by atoms with Crippen LogP contribution < -0.4 is 21.1 Å². The van der Waals surface area contributed by atoms with Crippen LogP contribution in [0.25, 0.3) is 5.76 Å². The van der Waals surface area contributed by atoms with E-state index in [0.29, 0.717) is 24.0 Å². The molecule has 2 amide bonds. The van der Waals surface area contributed by atoms with Crippen LogP contribution in [-0.4, -0.2) is 46.5 Å². The van der Waals surface area contributed by atoms with E-state index in [1.807, 2.05) is 17.0 Å². The van der Waals surface area contributed by atoms with E-state index in [2.05, 4.69) is 41.0 Å². The molecule has 0 spiro atoms. The van der Waals surface area contributed by atoms with Gasteiger partial charge in [0, 0.05) is 30.3 Å². The van der Waals surface area contributed by atoms with Crippen LogP contribution in [0.3, 0.4) is 0 Å². The summed E-state index contributed by atoms with van der Waals surface area (Å²) in [6.07, 6.45) is 5.03. The lowest BCUT2D eigenvalue weighted by atomic mass is 9.92. The van der Waals surface area contributed by atoms with E-state index in [1.54, 1.807) is 12.1 Å². The lowest BCUT2D eigenvalue weighted by molar-refractivity contribution is -0.123. The third kappa shape index (κ3) is 5.93. The molecule has 0 bridgehead atoms. The van der Waals surface area contributed by atoms with Gasteiger partial charge in [0.2, 0.25) is 17.8 Å². The number of carbonyl (C=O) groups is 2. The SMILES string of the molecule is C=C(OCCCC)c1ccc(NC(=O)C2CC(=O)Nc3nc(N4CCCCC4C)[nH]c(=O)c32)cc1.O. The molecule has 36 heavy (non-hydrogen) atoms. The number of rotatable bonds is 8. The monoisotopic (exact) mass is 497 g/mol. The molecule has 2 atom stereocenters. The minimum absolute atomic E-state index is 0. The molecule has 2 aliphatic heterocycles. The van der Waals surface area contributed by atoms with Crippen molar-refractivity contribution in [2.24, 2.45) is 0 Å². The van der Waals surface area contributed by atoms with Gasteiger partial charge in [0.15, 0.2) is 0 Å². The Morgan fingerprint density at radius 2 is 2.00 bits per heavy atom. The van der Waals surface area contributed by atoms with Crippen molar-refractivity contribution < 1.29 is 19.8 Å². The van der Waals surface area contributed by atoms with Gasteiger partial charge >= 0.3 is 0 Å². The van der Waals surface area contributed by atoms with Gasteiger partial charge in [0.25, 0.3) is 5.56 Å². The van der Waals surface area contributed by atoms with Crippen molar-refractivity contribution in [2.45, 2.75) is 64.3 Å². The average molecular weight is 498 g/mol. The van der Waals surface area contributed by atoms with Gasteiger partial charge in [0.1, 0.15) is 11.6 Å². The summed E-state index contributed by atoms with van der Waals surface area (Å²) in [7, 11) is 0. The van der Waals surface area contributed by atoms with Crippen LogP contribution in [0.15, 0.2) is 35.6 Å². The van der Waals surface area contributed by atoms with E-state index in [1.165, 1.54) is 0 Å². The summed E-state index contributed by atoms with van der Waals surface area (Å²) in [5, 5.41) is 5.51. The van der Waals surface area contributed by atoms with E-state index in [9.17, 15) is 14.4 Å². The van der Waals surface area contributed by atoms with Crippen molar-refractivity contribution in [3.8, 4) is 0 Å². The third-order valence-electron chi connectivity index (χ3n) is 6.58. The van der Waals surface area contributed by atoms with Crippen LogP contribution in [-0.2, 0) is 14.3 Å². The van der Waals surface area contributed by atoms with Crippen LogP contribution >= 0.6 is 0 Å². The number of piperidine rings is 1. The first-order valence-corrected chi connectivity index (χ1v) is 12.3. The number of carbonyl (C=O) groups excluding carboxylic acids is 2. The van der Waals surface area contributed by atoms with Gasteiger partial charge < -0.3 is 25.7 Å². The number of unbranched alkanes of at least 4 members (excludes halogenated alkanes) is 1. The number of aromatic amines is 1. The first-order valence-electron chi connectivity index (χ1n) is 12.3. The Morgan fingerprint density at radius 3 is 2.69 bits per heavy atom. The number of benzene rings is 1. The van der Waals surface area contributed by atoms with Crippen molar-refractivity contribution >= 4 is 35.0 Å². The molecule has 2 aromatic rings. The van der Waals surface area contributed by atoms with Crippen molar-refractivity contribution in [3.63, 3.8) is 0 Å². The number of nitrogens with zero attached hydrogens (tertiary/aromatic N) is 2. The van der Waals surface area contributed by atoms with Gasteiger partial charge in [-0.3, -0.25) is 19.4 Å². The van der Waals surface area contributed by atoms with E-state index in [0.717, 1.165) is 44.2 Å². The smallest absolute Gasteiger partial charge is 0.258 e. The second kappa shape index (κ2) is 11.9. The Hall–Kier alpha value is -3.66. The highest BCUT2D eigenvalue weighted by molar-refractivity contribution is 6.04. The minimum atomic E-state index is -0.935. The molecule has 1 aromatic heterocycles. The normalized spacial score (nSPS) is 18.9. The molecule has 0 saturated carbocycles. The van der Waals surface area contributed by atoms with Gasteiger partial charge in [-0.15, -0.1) is 0 Å². The summed E-state index contributed by atoms with van der Waals surface area (Å²) in [5.74, 6) is -0.545. The highest BCUT2D eigenvalue weighted by Crippen LogP contribution is 2.31. The molecule has 1 saturated heterocycles. The van der Waals surface area contributed by atoms with Gasteiger partial charge in [-0.25, -0.2) is 0 Å². The molecule has 10 nitrogen and oxygen atoms in total. The third-order valence-corrected chi connectivity index (χ3v) is 6.58. The van der Waals surface area contributed by atoms with Crippen LogP contribution in [0.1, 0.15) is 69.4 Å². The number of amides is 2. The summed E-state index contributed by atoms with van der Waals surface area (Å²) >= 11 is 0. The fourth-order valence-electron chi connectivity index (χ4n) is 4.52. The molecule has 194 valence electrons. The maximum atomic E-state index is 13.1. The Kier molecular flexibility index (Phi) is 8.87. The lowest BCUT2D eigenvalue weighted by Crippen LogP contribution is -2.41. The quantitative estimate of drug-likeness (QED) is 0.377. The average Bonchev–Trinajstić information content (AvgIpc) is 2.84. The number of hydrogen-bond donors (Lipinski definition) is 3. The molecule has 1 fully saturated rings. The molecule has 10 heteroatoms. The van der Waals surface area contributed by atoms with Gasteiger partial charge in [-0.2, -0.15) is 4.98 Å². The molecular weight excluding hydrogens is 462 g/mol. The highest BCUT2D eigenvalue weighted by Gasteiger charge is 2.35. The Labute approximate surface area is 210 Å². The van der Waals surface area contributed by atoms with Crippen molar-refractivity contribution in [1.82, 2.24) is 9.97 Å². The molecule has 3 heterocycles. The molecule has 5 N–H and O–H groups in total. The van der Waals surface area contributed by atoms with Crippen LogP contribution in [0, 0.1) is 0 Å². The predicted octanol–water partition coefficient (Wildman–Crippen LogP) is 3.18. The van der Waals surface area contributed by atoms with Crippen molar-refractivity contribution in [2.75, 3.05) is 28.7 Å². The van der Waals surface area contributed by atoms with Crippen LogP contribution in [0.2, 0.25) is 0 Å². The van der Waals surface area contributed by atoms with E-state index in [-0.39, 0.29) is 35.2 Å². The molecule has 2 aliphatic rings. The molecule has 2 unspecified atom stereocenters. The maximum absolute atomic E-state index is 13.1. The second-order valence-electron chi connectivity index (χ2n) is 9.19. The summed E-state index contributed by atoms with van der Waals surface area (Å²) in [5.41, 5.74) is 1.15. The number of ether oxygens (including phenoxy) is 1. The topological polar surface area (TPSA) is 148 Å². The number of anilines is 3. The number of H-pyrrole nitrogens is 1. The fraction of sp³-hybridized carbons (Fsp3) is 0.462. The van der Waals surface area contributed by atoms with Gasteiger partial charge in [-0.05, 0) is 56.9 Å². The Balaban J connectivity index is 0.00000361. The maximum Gasteiger partial charge on any atom is 0.258 e. The fourth-order valence-corrected chi connectivity index (χ4v) is 4.52. The predicted molar refractivity (Wildman–Crippen MR) is 140 cm³/mol. The van der Waals surface area contributed by atoms with Crippen LogP contribution in [0.5, 0.6) is 0 Å². The molecule has 1 aromatic carbocycles. The summed E-state index contributed by atoms with van der Waals surface area (Å²) in [4.78, 5) is 48.0. The van der Waals surface area contributed by atoms with E-state index >= 15 is 0 Å². The number of hydrogen-bond acceptors (Lipinski definition) is 6. The molecular formula is C26H35N5O5. The molecule has 4 rings (SSSR count). The first kappa shape index (κ1) is 26.9. The minimum Gasteiger partial charge on any atom is -0.494 e. The number of nitrogens with one attached hydrogen (secondary N) is 3. The van der Waals surface area contributed by atoms with Gasteiger partial charge in [-0.1, -0.05) is 19.9 Å². The van der Waals surface area contributed by atoms with E-state index in [4.69, 9.17) is 4.74 Å². The molecule has 0 aliphatic carbocycles. The van der Waals surface area contributed by atoms with Gasteiger partial charge in [0.05, 0.1) is 18.1 Å². The molecule has 0 radical (unpaired) electrons. The zero-order valence-electron chi connectivity index (χ0n) is 20.9. The lowest BCUT2D eigenvalue weighted by Gasteiger charge is -2.34.